The number of nitrogens with two attached hydrogens (primary N) is 1. The van der Waals surface area contributed by atoms with Gasteiger partial charge in [-0.15, -0.1) is 0 Å². The average molecular weight is 384 g/mol. The molecular weight excluding hydrogens is 364 g/mol. The lowest BCUT2D eigenvalue weighted by Gasteiger charge is -2.12. The number of fused-ring (bicyclic) bond motifs is 3. The van der Waals surface area contributed by atoms with Crippen molar-refractivity contribution in [2.75, 3.05) is 11.1 Å². The van der Waals surface area contributed by atoms with Gasteiger partial charge in [-0.3, -0.25) is 4.79 Å². The summed E-state index contributed by atoms with van der Waals surface area (Å²) in [6, 6.07) is 18.2. The molecule has 0 spiro atoms. The van der Waals surface area contributed by atoms with Crippen molar-refractivity contribution in [1.82, 2.24) is 0 Å². The molecule has 0 aliphatic heterocycles. The first-order chi connectivity index (χ1) is 14.0. The lowest BCUT2D eigenvalue weighted by molar-refractivity contribution is 0.0697. The molecule has 3 aromatic carbocycles. The zero-order chi connectivity index (χ0) is 20.5. The van der Waals surface area contributed by atoms with Gasteiger partial charge in [0.25, 0.3) is 5.91 Å². The highest BCUT2D eigenvalue weighted by Crippen LogP contribution is 2.45. The maximum absolute atomic E-state index is 13.1. The molecular formula is C24H20N2O3. The van der Waals surface area contributed by atoms with E-state index in [9.17, 15) is 14.7 Å². The van der Waals surface area contributed by atoms with Crippen molar-refractivity contribution < 1.29 is 14.7 Å². The van der Waals surface area contributed by atoms with E-state index < -0.39 is 5.97 Å². The fourth-order valence-corrected chi connectivity index (χ4v) is 3.78. The third-order valence-corrected chi connectivity index (χ3v) is 5.04. The van der Waals surface area contributed by atoms with Gasteiger partial charge in [-0.25, -0.2) is 4.79 Å². The van der Waals surface area contributed by atoms with Gasteiger partial charge in [0, 0.05) is 22.5 Å². The van der Waals surface area contributed by atoms with Gasteiger partial charge in [-0.1, -0.05) is 49.4 Å². The molecule has 144 valence electrons. The van der Waals surface area contributed by atoms with Crippen molar-refractivity contribution in [1.29, 1.82) is 0 Å². The summed E-state index contributed by atoms with van der Waals surface area (Å²) in [5, 5.41) is 12.1. The molecule has 1 aliphatic rings. The summed E-state index contributed by atoms with van der Waals surface area (Å²) in [6.07, 6.45) is 2.98. The highest BCUT2D eigenvalue weighted by Gasteiger charge is 2.27. The molecule has 0 atom stereocenters. The Bertz CT molecular complexity index is 1180. The van der Waals surface area contributed by atoms with Crippen LogP contribution in [0.2, 0.25) is 0 Å². The SMILES string of the molecule is CC/C=C1\c2ccccc2-c2cccc(C(=O)Nc3ccc(N)c(C(=O)O)c3)c21. The quantitative estimate of drug-likeness (QED) is 0.430. The molecule has 0 bridgehead atoms. The number of allylic oxidation sites excluding steroid dienone is 1. The van der Waals surface area contributed by atoms with E-state index in [0.29, 0.717) is 11.3 Å². The van der Waals surface area contributed by atoms with Crippen LogP contribution in [0.3, 0.4) is 0 Å². The highest BCUT2D eigenvalue weighted by atomic mass is 16.4. The number of nitrogens with one attached hydrogen (secondary N) is 1. The van der Waals surface area contributed by atoms with Crippen LogP contribution in [0.25, 0.3) is 16.7 Å². The van der Waals surface area contributed by atoms with E-state index in [1.54, 1.807) is 12.1 Å². The normalized spacial score (nSPS) is 13.1. The van der Waals surface area contributed by atoms with Crippen LogP contribution in [-0.2, 0) is 0 Å². The molecule has 0 saturated carbocycles. The number of anilines is 2. The number of hydrogen-bond acceptors (Lipinski definition) is 3. The Morgan fingerprint density at radius 1 is 0.966 bits per heavy atom. The number of carboxylic acids is 1. The van der Waals surface area contributed by atoms with Crippen molar-refractivity contribution >= 4 is 28.8 Å². The first-order valence-electron chi connectivity index (χ1n) is 9.38. The molecule has 4 rings (SSSR count). The van der Waals surface area contributed by atoms with E-state index in [4.69, 9.17) is 5.73 Å². The van der Waals surface area contributed by atoms with Gasteiger partial charge < -0.3 is 16.2 Å². The Hall–Kier alpha value is -3.86. The second-order valence-corrected chi connectivity index (χ2v) is 6.86. The van der Waals surface area contributed by atoms with Crippen molar-refractivity contribution in [2.45, 2.75) is 13.3 Å². The lowest BCUT2D eigenvalue weighted by Crippen LogP contribution is -2.15. The second kappa shape index (κ2) is 7.28. The topological polar surface area (TPSA) is 92.4 Å². The first-order valence-corrected chi connectivity index (χ1v) is 9.38. The minimum Gasteiger partial charge on any atom is -0.478 e. The molecule has 5 heteroatoms. The minimum atomic E-state index is -1.14. The maximum Gasteiger partial charge on any atom is 0.337 e. The number of carboxylic acid groups (broad SMARTS) is 1. The molecule has 0 unspecified atom stereocenters. The second-order valence-electron chi connectivity index (χ2n) is 6.86. The molecule has 0 fully saturated rings. The molecule has 3 aromatic rings. The summed E-state index contributed by atoms with van der Waals surface area (Å²) in [5.41, 5.74) is 12.0. The first kappa shape index (κ1) is 18.5. The van der Waals surface area contributed by atoms with Gasteiger partial charge in [-0.2, -0.15) is 0 Å². The van der Waals surface area contributed by atoms with Gasteiger partial charge in [0.05, 0.1) is 5.56 Å². The van der Waals surface area contributed by atoms with Crippen LogP contribution in [0.1, 0.15) is 45.2 Å². The number of rotatable bonds is 4. The molecule has 5 nitrogen and oxygen atoms in total. The standard InChI is InChI=1S/C24H20N2O3/c1-2-6-17-15-7-3-4-8-16(15)18-9-5-10-19(22(17)18)23(27)26-14-11-12-21(25)20(13-14)24(28)29/h3-13H,2,25H2,1H3,(H,26,27)(H,28,29)/b17-6+. The number of carbonyl (C=O) groups excluding carboxylic acids is 1. The molecule has 1 aliphatic carbocycles. The Kier molecular flexibility index (Phi) is 4.64. The van der Waals surface area contributed by atoms with Crippen LogP contribution in [0.5, 0.6) is 0 Å². The molecule has 0 heterocycles. The summed E-state index contributed by atoms with van der Waals surface area (Å²) in [7, 11) is 0. The molecule has 1 amide bonds. The minimum absolute atomic E-state index is 0.0416. The van der Waals surface area contributed by atoms with Gasteiger partial charge in [0.1, 0.15) is 0 Å². The Morgan fingerprint density at radius 2 is 1.69 bits per heavy atom. The predicted molar refractivity (Wildman–Crippen MR) is 115 cm³/mol. The van der Waals surface area contributed by atoms with Gasteiger partial charge in [-0.05, 0) is 52.9 Å². The zero-order valence-corrected chi connectivity index (χ0v) is 15.9. The molecule has 4 N–H and O–H groups in total. The monoisotopic (exact) mass is 384 g/mol. The molecule has 0 aromatic heterocycles. The summed E-state index contributed by atoms with van der Waals surface area (Å²) in [4.78, 5) is 24.4. The van der Waals surface area contributed by atoms with Gasteiger partial charge in [0.15, 0.2) is 0 Å². The zero-order valence-electron chi connectivity index (χ0n) is 15.9. The van der Waals surface area contributed by atoms with Crippen LogP contribution >= 0.6 is 0 Å². The summed E-state index contributed by atoms with van der Waals surface area (Å²) < 4.78 is 0. The number of carbonyl (C=O) groups is 2. The van der Waals surface area contributed by atoms with Crippen LogP contribution in [0, 0.1) is 0 Å². The third-order valence-electron chi connectivity index (χ3n) is 5.04. The van der Waals surface area contributed by atoms with Crippen molar-refractivity contribution in [3.8, 4) is 11.1 Å². The number of aromatic carboxylic acids is 1. The van der Waals surface area contributed by atoms with E-state index in [-0.39, 0.29) is 17.2 Å². The van der Waals surface area contributed by atoms with Crippen LogP contribution in [0.4, 0.5) is 11.4 Å². The fourth-order valence-electron chi connectivity index (χ4n) is 3.78. The van der Waals surface area contributed by atoms with Gasteiger partial charge in [0.2, 0.25) is 0 Å². The van der Waals surface area contributed by atoms with E-state index >= 15 is 0 Å². The van der Waals surface area contributed by atoms with Crippen molar-refractivity contribution in [3.05, 3.63) is 89.0 Å². The summed E-state index contributed by atoms with van der Waals surface area (Å²) in [6.45, 7) is 2.07. The predicted octanol–water partition coefficient (Wildman–Crippen LogP) is 5.04. The van der Waals surface area contributed by atoms with Crippen molar-refractivity contribution in [3.63, 3.8) is 0 Å². The molecule has 0 radical (unpaired) electrons. The van der Waals surface area contributed by atoms with Crippen LogP contribution < -0.4 is 11.1 Å². The third kappa shape index (κ3) is 3.17. The lowest BCUT2D eigenvalue weighted by atomic mass is 9.97. The number of amides is 1. The Morgan fingerprint density at radius 3 is 2.41 bits per heavy atom. The van der Waals surface area contributed by atoms with E-state index in [0.717, 1.165) is 34.2 Å². The Labute approximate surface area is 168 Å². The van der Waals surface area contributed by atoms with E-state index in [1.807, 2.05) is 24.3 Å². The average Bonchev–Trinajstić information content (AvgIpc) is 3.04. The molecule has 29 heavy (non-hydrogen) atoms. The number of benzene rings is 3. The molecule has 0 saturated heterocycles. The fraction of sp³-hybridized carbons (Fsp3) is 0.0833. The number of hydrogen-bond donors (Lipinski definition) is 3. The summed E-state index contributed by atoms with van der Waals surface area (Å²) >= 11 is 0. The van der Waals surface area contributed by atoms with E-state index in [2.05, 4.69) is 30.4 Å². The van der Waals surface area contributed by atoms with E-state index in [1.165, 1.54) is 12.1 Å². The number of nitrogen functional groups attached to an aromatic ring is 1. The highest BCUT2D eigenvalue weighted by molar-refractivity contribution is 6.14. The van der Waals surface area contributed by atoms with Crippen LogP contribution in [0.15, 0.2) is 66.7 Å². The largest absolute Gasteiger partial charge is 0.478 e. The smallest absolute Gasteiger partial charge is 0.337 e. The van der Waals surface area contributed by atoms with Crippen molar-refractivity contribution in [2.24, 2.45) is 0 Å². The Balaban J connectivity index is 1.77. The maximum atomic E-state index is 13.1. The van der Waals surface area contributed by atoms with Gasteiger partial charge >= 0.3 is 5.97 Å². The summed E-state index contributed by atoms with van der Waals surface area (Å²) in [5.74, 6) is -1.43. The van der Waals surface area contributed by atoms with Crippen LogP contribution in [-0.4, -0.2) is 17.0 Å².